The van der Waals surface area contributed by atoms with Gasteiger partial charge in [-0.25, -0.2) is 4.79 Å². The third kappa shape index (κ3) is 2.83. The predicted molar refractivity (Wildman–Crippen MR) is 72.7 cm³/mol. The lowest BCUT2D eigenvalue weighted by atomic mass is 10.1. The molecule has 0 unspecified atom stereocenters. The highest BCUT2D eigenvalue weighted by Crippen LogP contribution is 2.25. The number of nitrogen functional groups attached to an aromatic ring is 1. The topological polar surface area (TPSA) is 73.4 Å². The minimum Gasteiger partial charge on any atom is -0.444 e. The van der Waals surface area contributed by atoms with Crippen molar-refractivity contribution in [3.63, 3.8) is 0 Å². The fourth-order valence-corrected chi connectivity index (χ4v) is 2.26. The fraction of sp³-hybridized carbons (Fsp3) is 0.692. The van der Waals surface area contributed by atoms with E-state index < -0.39 is 5.60 Å². The molecule has 0 atom stereocenters. The number of nitrogens with two attached hydrogens (primary N) is 1. The van der Waals surface area contributed by atoms with Crippen LogP contribution in [-0.2, 0) is 24.2 Å². The van der Waals surface area contributed by atoms with E-state index in [0.29, 0.717) is 18.9 Å². The Morgan fingerprint density at radius 3 is 2.74 bits per heavy atom. The smallest absolute Gasteiger partial charge is 0.410 e. The quantitative estimate of drug-likeness (QED) is 0.841. The first-order valence-corrected chi connectivity index (χ1v) is 6.63. The minimum atomic E-state index is -0.476. The number of aromatic nitrogens is 2. The molecule has 1 aromatic heterocycles. The molecular weight excluding hydrogens is 244 g/mol. The van der Waals surface area contributed by atoms with E-state index in [2.05, 4.69) is 5.10 Å². The standard InChI is InChI=1S/C13H22N4O2/c1-5-17-10-6-7-16(8-9(10)11(14)15-17)12(18)19-13(2,3)4/h5-8H2,1-4H3,(H2,14,15). The second-order valence-corrected chi connectivity index (χ2v) is 5.78. The molecule has 2 rings (SSSR count). The highest BCUT2D eigenvalue weighted by Gasteiger charge is 2.29. The zero-order chi connectivity index (χ0) is 14.2. The molecule has 0 saturated heterocycles. The van der Waals surface area contributed by atoms with Gasteiger partial charge in [0.2, 0.25) is 0 Å². The van der Waals surface area contributed by atoms with Gasteiger partial charge in [-0.2, -0.15) is 5.10 Å². The van der Waals surface area contributed by atoms with Gasteiger partial charge in [-0.05, 0) is 27.7 Å². The number of anilines is 1. The molecule has 1 amide bonds. The van der Waals surface area contributed by atoms with Gasteiger partial charge in [0.1, 0.15) is 5.60 Å². The van der Waals surface area contributed by atoms with Crippen molar-refractivity contribution in [1.82, 2.24) is 14.7 Å². The van der Waals surface area contributed by atoms with Gasteiger partial charge >= 0.3 is 6.09 Å². The zero-order valence-corrected chi connectivity index (χ0v) is 12.1. The van der Waals surface area contributed by atoms with E-state index in [1.165, 1.54) is 0 Å². The molecule has 0 bridgehead atoms. The summed E-state index contributed by atoms with van der Waals surface area (Å²) in [7, 11) is 0. The van der Waals surface area contributed by atoms with Crippen LogP contribution in [0.25, 0.3) is 0 Å². The molecule has 1 aliphatic heterocycles. The summed E-state index contributed by atoms with van der Waals surface area (Å²) in [5, 5.41) is 4.29. The molecule has 0 radical (unpaired) electrons. The second-order valence-electron chi connectivity index (χ2n) is 5.78. The van der Waals surface area contributed by atoms with Crippen molar-refractivity contribution in [2.75, 3.05) is 12.3 Å². The van der Waals surface area contributed by atoms with Crippen LogP contribution in [-0.4, -0.2) is 32.9 Å². The van der Waals surface area contributed by atoms with Crippen LogP contribution in [0.2, 0.25) is 0 Å². The molecule has 1 aliphatic rings. The van der Waals surface area contributed by atoms with Gasteiger partial charge in [0.15, 0.2) is 5.82 Å². The van der Waals surface area contributed by atoms with Crippen molar-refractivity contribution >= 4 is 11.9 Å². The number of ether oxygens (including phenoxy) is 1. The highest BCUT2D eigenvalue weighted by molar-refractivity contribution is 5.69. The molecule has 0 spiro atoms. The van der Waals surface area contributed by atoms with Crippen LogP contribution in [0, 0.1) is 0 Å². The van der Waals surface area contributed by atoms with Gasteiger partial charge in [-0.3, -0.25) is 4.68 Å². The summed E-state index contributed by atoms with van der Waals surface area (Å²) in [6, 6.07) is 0. The molecule has 0 saturated carbocycles. The molecule has 1 aromatic rings. The lowest BCUT2D eigenvalue weighted by Gasteiger charge is -2.30. The molecular formula is C13H22N4O2. The monoisotopic (exact) mass is 266 g/mol. The van der Waals surface area contributed by atoms with Crippen LogP contribution < -0.4 is 5.73 Å². The van der Waals surface area contributed by atoms with E-state index >= 15 is 0 Å². The van der Waals surface area contributed by atoms with Crippen molar-refractivity contribution < 1.29 is 9.53 Å². The fourth-order valence-electron chi connectivity index (χ4n) is 2.26. The van der Waals surface area contributed by atoms with E-state index in [1.807, 2.05) is 32.4 Å². The summed E-state index contributed by atoms with van der Waals surface area (Å²) < 4.78 is 7.30. The molecule has 2 heterocycles. The van der Waals surface area contributed by atoms with Gasteiger partial charge < -0.3 is 15.4 Å². The zero-order valence-electron chi connectivity index (χ0n) is 12.1. The van der Waals surface area contributed by atoms with Gasteiger partial charge in [0.05, 0.1) is 6.54 Å². The predicted octanol–water partition coefficient (Wildman–Crippen LogP) is 1.78. The summed E-state index contributed by atoms with van der Waals surface area (Å²) in [5.74, 6) is 0.519. The molecule has 2 N–H and O–H groups in total. The number of amides is 1. The Morgan fingerprint density at radius 2 is 2.16 bits per heavy atom. The van der Waals surface area contributed by atoms with Crippen LogP contribution >= 0.6 is 0 Å². The summed E-state index contributed by atoms with van der Waals surface area (Å²) in [5.41, 5.74) is 7.54. The highest BCUT2D eigenvalue weighted by atomic mass is 16.6. The second kappa shape index (κ2) is 4.75. The third-order valence-electron chi connectivity index (χ3n) is 3.12. The summed E-state index contributed by atoms with van der Waals surface area (Å²) in [6.07, 6.45) is 0.480. The SMILES string of the molecule is CCn1nc(N)c2c1CCN(C(=O)OC(C)(C)C)C2. The third-order valence-corrected chi connectivity index (χ3v) is 3.12. The maximum atomic E-state index is 12.0. The first-order chi connectivity index (χ1) is 8.81. The van der Waals surface area contributed by atoms with E-state index in [1.54, 1.807) is 4.90 Å². The number of carbonyl (C=O) groups is 1. The lowest BCUT2D eigenvalue weighted by molar-refractivity contribution is 0.0223. The van der Waals surface area contributed by atoms with E-state index in [9.17, 15) is 4.79 Å². The van der Waals surface area contributed by atoms with Gasteiger partial charge in [0, 0.05) is 30.8 Å². The number of hydrogen-bond donors (Lipinski definition) is 1. The largest absolute Gasteiger partial charge is 0.444 e. The average molecular weight is 266 g/mol. The van der Waals surface area contributed by atoms with E-state index in [0.717, 1.165) is 24.2 Å². The molecule has 0 fully saturated rings. The minimum absolute atomic E-state index is 0.290. The molecule has 106 valence electrons. The number of carbonyl (C=O) groups excluding carboxylic acids is 1. The summed E-state index contributed by atoms with van der Waals surface area (Å²) in [6.45, 7) is 9.55. The van der Waals surface area contributed by atoms with Gasteiger partial charge in [-0.15, -0.1) is 0 Å². The number of nitrogens with zero attached hydrogens (tertiary/aromatic N) is 3. The molecule has 19 heavy (non-hydrogen) atoms. The Labute approximate surface area is 113 Å². The number of fused-ring (bicyclic) bond motifs is 1. The normalized spacial score (nSPS) is 15.3. The Bertz CT molecular complexity index is 488. The van der Waals surface area contributed by atoms with Crippen molar-refractivity contribution in [3.8, 4) is 0 Å². The maximum absolute atomic E-state index is 12.0. The average Bonchev–Trinajstić information content (AvgIpc) is 2.63. The molecule has 0 aliphatic carbocycles. The van der Waals surface area contributed by atoms with Crippen molar-refractivity contribution in [3.05, 3.63) is 11.3 Å². The van der Waals surface area contributed by atoms with Crippen LogP contribution in [0.1, 0.15) is 39.0 Å². The Hall–Kier alpha value is -1.72. The van der Waals surface area contributed by atoms with Gasteiger partial charge in [0.25, 0.3) is 0 Å². The molecule has 6 heteroatoms. The summed E-state index contributed by atoms with van der Waals surface area (Å²) >= 11 is 0. The lowest BCUT2D eigenvalue weighted by Crippen LogP contribution is -2.40. The number of rotatable bonds is 1. The summed E-state index contributed by atoms with van der Waals surface area (Å²) in [4.78, 5) is 13.7. The van der Waals surface area contributed by atoms with E-state index in [-0.39, 0.29) is 6.09 Å². The molecule has 6 nitrogen and oxygen atoms in total. The van der Waals surface area contributed by atoms with Crippen molar-refractivity contribution in [2.24, 2.45) is 0 Å². The van der Waals surface area contributed by atoms with Crippen LogP contribution in [0.3, 0.4) is 0 Å². The van der Waals surface area contributed by atoms with Crippen molar-refractivity contribution in [2.45, 2.75) is 52.8 Å². The van der Waals surface area contributed by atoms with Gasteiger partial charge in [-0.1, -0.05) is 0 Å². The maximum Gasteiger partial charge on any atom is 0.410 e. The Balaban J connectivity index is 2.14. The first kappa shape index (κ1) is 13.7. The Kier molecular flexibility index (Phi) is 3.43. The van der Waals surface area contributed by atoms with E-state index in [4.69, 9.17) is 10.5 Å². The van der Waals surface area contributed by atoms with Crippen LogP contribution in [0.15, 0.2) is 0 Å². The van der Waals surface area contributed by atoms with Crippen molar-refractivity contribution in [1.29, 1.82) is 0 Å². The van der Waals surface area contributed by atoms with Crippen LogP contribution in [0.5, 0.6) is 0 Å². The van der Waals surface area contributed by atoms with Crippen LogP contribution in [0.4, 0.5) is 10.6 Å². The molecule has 0 aromatic carbocycles. The number of hydrogen-bond acceptors (Lipinski definition) is 4. The Morgan fingerprint density at radius 1 is 1.47 bits per heavy atom. The number of aryl methyl sites for hydroxylation is 1. The first-order valence-electron chi connectivity index (χ1n) is 6.63.